The van der Waals surface area contributed by atoms with Crippen LogP contribution in [0.2, 0.25) is 0 Å². The topological polar surface area (TPSA) is 41.5 Å². The molecule has 4 heteroatoms. The zero-order chi connectivity index (χ0) is 12.3. The number of piperidine rings is 1. The van der Waals surface area contributed by atoms with E-state index < -0.39 is 5.60 Å². The minimum absolute atomic E-state index is 0.556. The molecular formula is C13H18BrNO2. The number of hydrogen-bond acceptors (Lipinski definition) is 3. The summed E-state index contributed by atoms with van der Waals surface area (Å²) in [4.78, 5) is 0. The predicted molar refractivity (Wildman–Crippen MR) is 71.5 cm³/mol. The molecular weight excluding hydrogens is 282 g/mol. The number of benzene rings is 1. The number of ether oxygens (including phenoxy) is 1. The van der Waals surface area contributed by atoms with E-state index in [0.29, 0.717) is 6.42 Å². The first-order valence-corrected chi connectivity index (χ1v) is 6.68. The van der Waals surface area contributed by atoms with Crippen LogP contribution in [0.5, 0.6) is 5.75 Å². The molecule has 0 aromatic heterocycles. The van der Waals surface area contributed by atoms with E-state index in [1.165, 1.54) is 0 Å². The Labute approximate surface area is 110 Å². The van der Waals surface area contributed by atoms with Gasteiger partial charge in [-0.1, -0.05) is 6.07 Å². The van der Waals surface area contributed by atoms with Gasteiger partial charge in [0.15, 0.2) is 0 Å². The van der Waals surface area contributed by atoms with Crippen LogP contribution in [-0.2, 0) is 6.42 Å². The molecule has 17 heavy (non-hydrogen) atoms. The summed E-state index contributed by atoms with van der Waals surface area (Å²) in [7, 11) is 1.65. The second kappa shape index (κ2) is 5.38. The summed E-state index contributed by atoms with van der Waals surface area (Å²) in [6.45, 7) is 1.79. The molecule has 2 N–H and O–H groups in total. The van der Waals surface area contributed by atoms with E-state index in [9.17, 15) is 5.11 Å². The lowest BCUT2D eigenvalue weighted by Crippen LogP contribution is -2.43. The Hall–Kier alpha value is -0.580. The number of hydrogen-bond donors (Lipinski definition) is 2. The molecule has 1 heterocycles. The van der Waals surface area contributed by atoms with Gasteiger partial charge in [-0.25, -0.2) is 0 Å². The van der Waals surface area contributed by atoms with Crippen molar-refractivity contribution in [1.29, 1.82) is 0 Å². The van der Waals surface area contributed by atoms with E-state index in [2.05, 4.69) is 21.2 Å². The van der Waals surface area contributed by atoms with Crippen LogP contribution in [0.3, 0.4) is 0 Å². The van der Waals surface area contributed by atoms with Crippen LogP contribution in [0.1, 0.15) is 18.4 Å². The minimum atomic E-state index is -0.556. The molecule has 3 nitrogen and oxygen atoms in total. The number of methoxy groups -OCH3 is 1. The van der Waals surface area contributed by atoms with Crippen molar-refractivity contribution in [2.24, 2.45) is 0 Å². The Kier molecular flexibility index (Phi) is 4.07. The third kappa shape index (κ3) is 3.21. The standard InChI is InChI=1S/C13H18BrNO2/c1-17-12-3-2-10(8-11(12)14)9-13(16)4-6-15-7-5-13/h2-3,8,15-16H,4-7,9H2,1H3. The molecule has 0 bridgehead atoms. The van der Waals surface area contributed by atoms with Gasteiger partial charge < -0.3 is 15.2 Å². The van der Waals surface area contributed by atoms with Crippen molar-refractivity contribution in [3.05, 3.63) is 28.2 Å². The molecule has 1 saturated heterocycles. The molecule has 0 aliphatic carbocycles. The number of nitrogens with one attached hydrogen (secondary N) is 1. The van der Waals surface area contributed by atoms with Crippen molar-refractivity contribution >= 4 is 15.9 Å². The fourth-order valence-electron chi connectivity index (χ4n) is 2.27. The van der Waals surface area contributed by atoms with Crippen molar-refractivity contribution in [3.8, 4) is 5.75 Å². The highest BCUT2D eigenvalue weighted by Gasteiger charge is 2.29. The fraction of sp³-hybridized carbons (Fsp3) is 0.538. The Morgan fingerprint density at radius 2 is 2.12 bits per heavy atom. The number of halogens is 1. The lowest BCUT2D eigenvalue weighted by atomic mass is 9.86. The second-order valence-electron chi connectivity index (χ2n) is 4.62. The fourth-order valence-corrected chi connectivity index (χ4v) is 2.86. The Morgan fingerprint density at radius 1 is 1.41 bits per heavy atom. The lowest BCUT2D eigenvalue weighted by molar-refractivity contribution is 0.0108. The first kappa shape index (κ1) is 12.9. The SMILES string of the molecule is COc1ccc(CC2(O)CCNCC2)cc1Br. The molecule has 1 fully saturated rings. The Balaban J connectivity index is 2.10. The lowest BCUT2D eigenvalue weighted by Gasteiger charge is -2.32. The van der Waals surface area contributed by atoms with Crippen LogP contribution in [0.4, 0.5) is 0 Å². The van der Waals surface area contributed by atoms with E-state index in [1.807, 2.05) is 18.2 Å². The van der Waals surface area contributed by atoms with E-state index in [-0.39, 0.29) is 0 Å². The van der Waals surface area contributed by atoms with Gasteiger partial charge in [-0.2, -0.15) is 0 Å². The van der Waals surface area contributed by atoms with Gasteiger partial charge in [0.25, 0.3) is 0 Å². The molecule has 1 aliphatic rings. The van der Waals surface area contributed by atoms with Crippen LogP contribution in [0.15, 0.2) is 22.7 Å². The highest BCUT2D eigenvalue weighted by molar-refractivity contribution is 9.10. The van der Waals surface area contributed by atoms with Gasteiger partial charge in [-0.05, 0) is 59.6 Å². The summed E-state index contributed by atoms with van der Waals surface area (Å²) in [6.07, 6.45) is 2.34. The maximum Gasteiger partial charge on any atom is 0.133 e. The average molecular weight is 300 g/mol. The smallest absolute Gasteiger partial charge is 0.133 e. The monoisotopic (exact) mass is 299 g/mol. The van der Waals surface area contributed by atoms with Gasteiger partial charge in [0.05, 0.1) is 17.2 Å². The molecule has 0 atom stereocenters. The molecule has 94 valence electrons. The van der Waals surface area contributed by atoms with Crippen LogP contribution < -0.4 is 10.1 Å². The summed E-state index contributed by atoms with van der Waals surface area (Å²) in [5.74, 6) is 0.825. The maximum absolute atomic E-state index is 10.5. The third-order valence-corrected chi connectivity index (χ3v) is 3.90. The normalized spacial score (nSPS) is 19.0. The highest BCUT2D eigenvalue weighted by Crippen LogP contribution is 2.29. The summed E-state index contributed by atoms with van der Waals surface area (Å²) in [5.41, 5.74) is 0.585. The van der Waals surface area contributed by atoms with Crippen molar-refractivity contribution in [2.45, 2.75) is 24.9 Å². The molecule has 0 unspecified atom stereocenters. The molecule has 0 spiro atoms. The van der Waals surface area contributed by atoms with Gasteiger partial charge in [0.2, 0.25) is 0 Å². The first-order valence-electron chi connectivity index (χ1n) is 5.88. The van der Waals surface area contributed by atoms with E-state index in [1.54, 1.807) is 7.11 Å². The Bertz CT molecular complexity index is 389. The van der Waals surface area contributed by atoms with Gasteiger partial charge >= 0.3 is 0 Å². The van der Waals surface area contributed by atoms with E-state index in [4.69, 9.17) is 4.74 Å². The van der Waals surface area contributed by atoms with Gasteiger partial charge in [-0.3, -0.25) is 0 Å². The van der Waals surface area contributed by atoms with Crippen molar-refractivity contribution in [1.82, 2.24) is 5.32 Å². The zero-order valence-corrected chi connectivity index (χ0v) is 11.6. The van der Waals surface area contributed by atoms with Crippen LogP contribution in [0.25, 0.3) is 0 Å². The molecule has 0 radical (unpaired) electrons. The number of rotatable bonds is 3. The second-order valence-corrected chi connectivity index (χ2v) is 5.47. The largest absolute Gasteiger partial charge is 0.496 e. The summed E-state index contributed by atoms with van der Waals surface area (Å²) in [5, 5.41) is 13.7. The number of aliphatic hydroxyl groups is 1. The quantitative estimate of drug-likeness (QED) is 0.898. The maximum atomic E-state index is 10.5. The van der Waals surface area contributed by atoms with Crippen molar-refractivity contribution in [3.63, 3.8) is 0 Å². The van der Waals surface area contributed by atoms with Crippen LogP contribution in [0, 0.1) is 0 Å². The van der Waals surface area contributed by atoms with E-state index >= 15 is 0 Å². The van der Waals surface area contributed by atoms with Crippen molar-refractivity contribution in [2.75, 3.05) is 20.2 Å². The summed E-state index contributed by atoms with van der Waals surface area (Å²) in [6, 6.07) is 5.98. The van der Waals surface area contributed by atoms with Gasteiger partial charge in [0, 0.05) is 6.42 Å². The molecule has 0 saturated carbocycles. The zero-order valence-electron chi connectivity index (χ0n) is 10.0. The average Bonchev–Trinajstić information content (AvgIpc) is 2.29. The first-order chi connectivity index (χ1) is 8.13. The van der Waals surface area contributed by atoms with Crippen LogP contribution >= 0.6 is 15.9 Å². The molecule has 0 amide bonds. The molecule has 1 aliphatic heterocycles. The van der Waals surface area contributed by atoms with Gasteiger partial charge in [-0.15, -0.1) is 0 Å². The third-order valence-electron chi connectivity index (χ3n) is 3.28. The Morgan fingerprint density at radius 3 is 2.71 bits per heavy atom. The van der Waals surface area contributed by atoms with Crippen LogP contribution in [-0.4, -0.2) is 30.9 Å². The summed E-state index contributed by atoms with van der Waals surface area (Å²) >= 11 is 3.47. The molecule has 1 aromatic carbocycles. The van der Waals surface area contributed by atoms with Crippen molar-refractivity contribution < 1.29 is 9.84 Å². The molecule has 2 rings (SSSR count). The highest BCUT2D eigenvalue weighted by atomic mass is 79.9. The minimum Gasteiger partial charge on any atom is -0.496 e. The predicted octanol–water partition coefficient (Wildman–Crippen LogP) is 2.11. The van der Waals surface area contributed by atoms with Gasteiger partial charge in [0.1, 0.15) is 5.75 Å². The molecule has 1 aromatic rings. The summed E-state index contributed by atoms with van der Waals surface area (Å²) < 4.78 is 6.14. The van der Waals surface area contributed by atoms with E-state index in [0.717, 1.165) is 41.7 Å².